The lowest BCUT2D eigenvalue weighted by Gasteiger charge is -2.23. The summed E-state index contributed by atoms with van der Waals surface area (Å²) in [5.74, 6) is 0.255. The van der Waals surface area contributed by atoms with Crippen molar-refractivity contribution < 1.29 is 14.5 Å². The van der Waals surface area contributed by atoms with Gasteiger partial charge in [-0.25, -0.2) is 0 Å². The van der Waals surface area contributed by atoms with E-state index in [9.17, 15) is 14.9 Å². The fourth-order valence-corrected chi connectivity index (χ4v) is 2.73. The number of primary amides is 1. The van der Waals surface area contributed by atoms with Gasteiger partial charge in [0.15, 0.2) is 0 Å². The lowest BCUT2D eigenvalue weighted by Crippen LogP contribution is -2.39. The lowest BCUT2D eigenvalue weighted by atomic mass is 10.1. The number of rotatable bonds is 6. The van der Waals surface area contributed by atoms with Gasteiger partial charge in [0, 0.05) is 24.2 Å². The number of hydrogen-bond acceptors (Lipinski definition) is 5. The Labute approximate surface area is 129 Å². The number of ether oxygens (including phenoxy) is 1. The van der Waals surface area contributed by atoms with Gasteiger partial charge in [-0.1, -0.05) is 0 Å². The average molecular weight is 307 g/mol. The number of benzene rings is 1. The number of nitrogens with zero attached hydrogens (tertiary/aromatic N) is 2. The second-order valence-corrected chi connectivity index (χ2v) is 5.75. The quantitative estimate of drug-likeness (QED) is 0.638. The zero-order valence-electron chi connectivity index (χ0n) is 12.8. The zero-order chi connectivity index (χ0) is 16.3. The number of carbonyl (C=O) groups is 1. The van der Waals surface area contributed by atoms with Crippen LogP contribution in [0.5, 0.6) is 5.75 Å². The van der Waals surface area contributed by atoms with Crippen molar-refractivity contribution in [2.75, 3.05) is 6.54 Å². The van der Waals surface area contributed by atoms with Crippen LogP contribution in [-0.2, 0) is 11.3 Å². The van der Waals surface area contributed by atoms with Crippen LogP contribution in [-0.4, -0.2) is 34.4 Å². The molecule has 1 aliphatic rings. The van der Waals surface area contributed by atoms with Gasteiger partial charge in [0.1, 0.15) is 5.75 Å². The number of carbonyl (C=O) groups excluding carboxylic acids is 1. The Hall–Kier alpha value is -2.15. The van der Waals surface area contributed by atoms with Gasteiger partial charge < -0.3 is 10.5 Å². The smallest absolute Gasteiger partial charge is 0.270 e. The molecule has 7 heteroatoms. The van der Waals surface area contributed by atoms with Crippen molar-refractivity contribution >= 4 is 11.6 Å². The molecule has 0 spiro atoms. The molecule has 1 atom stereocenters. The molecule has 120 valence electrons. The van der Waals surface area contributed by atoms with Gasteiger partial charge in [0.05, 0.1) is 17.1 Å². The first-order chi connectivity index (χ1) is 10.4. The molecular weight excluding hydrogens is 286 g/mol. The fraction of sp³-hybridized carbons (Fsp3) is 0.533. The number of non-ortho nitro benzene ring substituents is 1. The summed E-state index contributed by atoms with van der Waals surface area (Å²) in [5.41, 5.74) is 6.14. The Balaban J connectivity index is 2.28. The van der Waals surface area contributed by atoms with Crippen LogP contribution in [0.4, 0.5) is 5.69 Å². The van der Waals surface area contributed by atoms with E-state index in [1.165, 1.54) is 12.1 Å². The van der Waals surface area contributed by atoms with Gasteiger partial charge in [0.25, 0.3) is 5.69 Å². The summed E-state index contributed by atoms with van der Waals surface area (Å²) in [6, 6.07) is 4.24. The summed E-state index contributed by atoms with van der Waals surface area (Å²) in [6.07, 6.45) is 1.58. The van der Waals surface area contributed by atoms with Gasteiger partial charge in [-0.3, -0.25) is 19.8 Å². The monoisotopic (exact) mass is 307 g/mol. The normalized spacial score (nSPS) is 18.6. The Morgan fingerprint density at radius 3 is 2.86 bits per heavy atom. The SMILES string of the molecule is CC(C)Oc1ccc([N+](=O)[O-])cc1CN1CCC[C@@H]1C(N)=O. The molecule has 2 rings (SSSR count). The fourth-order valence-electron chi connectivity index (χ4n) is 2.73. The van der Waals surface area contributed by atoms with Crippen molar-refractivity contribution in [1.82, 2.24) is 4.90 Å². The van der Waals surface area contributed by atoms with Gasteiger partial charge in [-0.15, -0.1) is 0 Å². The number of likely N-dealkylation sites (tertiary alicyclic amines) is 1. The molecule has 0 aromatic heterocycles. The molecule has 7 nitrogen and oxygen atoms in total. The van der Waals surface area contributed by atoms with Crippen LogP contribution in [0, 0.1) is 10.1 Å². The van der Waals surface area contributed by atoms with E-state index in [1.807, 2.05) is 18.7 Å². The van der Waals surface area contributed by atoms with E-state index in [-0.39, 0.29) is 23.7 Å². The van der Waals surface area contributed by atoms with Crippen molar-refractivity contribution in [1.29, 1.82) is 0 Å². The third-order valence-corrected chi connectivity index (χ3v) is 3.68. The standard InChI is InChI=1S/C15H21N3O4/c1-10(2)22-14-6-5-12(18(20)21)8-11(14)9-17-7-3-4-13(17)15(16)19/h5-6,8,10,13H,3-4,7,9H2,1-2H3,(H2,16,19)/t13-/m1/s1. The van der Waals surface area contributed by atoms with Crippen LogP contribution in [0.2, 0.25) is 0 Å². The first-order valence-electron chi connectivity index (χ1n) is 7.36. The molecule has 1 aliphatic heterocycles. The van der Waals surface area contributed by atoms with Crippen molar-refractivity contribution in [3.63, 3.8) is 0 Å². The molecule has 22 heavy (non-hydrogen) atoms. The van der Waals surface area contributed by atoms with E-state index >= 15 is 0 Å². The van der Waals surface area contributed by atoms with Crippen molar-refractivity contribution in [3.8, 4) is 5.75 Å². The number of hydrogen-bond donors (Lipinski definition) is 1. The van der Waals surface area contributed by atoms with Crippen molar-refractivity contribution in [2.45, 2.75) is 45.4 Å². The van der Waals surface area contributed by atoms with Crippen molar-refractivity contribution in [3.05, 3.63) is 33.9 Å². The van der Waals surface area contributed by atoms with Gasteiger partial charge in [-0.05, 0) is 39.3 Å². The zero-order valence-corrected chi connectivity index (χ0v) is 12.8. The van der Waals surface area contributed by atoms with Gasteiger partial charge >= 0.3 is 0 Å². The highest BCUT2D eigenvalue weighted by Gasteiger charge is 2.30. The molecule has 0 bridgehead atoms. The number of nitrogens with two attached hydrogens (primary N) is 1. The van der Waals surface area contributed by atoms with E-state index in [1.54, 1.807) is 6.07 Å². The molecule has 0 aliphatic carbocycles. The molecule has 1 fully saturated rings. The van der Waals surface area contributed by atoms with E-state index in [4.69, 9.17) is 10.5 Å². The van der Waals surface area contributed by atoms with Gasteiger partial charge in [-0.2, -0.15) is 0 Å². The summed E-state index contributed by atoms with van der Waals surface area (Å²) in [5, 5.41) is 11.0. The second kappa shape index (κ2) is 6.74. The molecule has 0 radical (unpaired) electrons. The molecule has 0 unspecified atom stereocenters. The van der Waals surface area contributed by atoms with Crippen LogP contribution in [0.15, 0.2) is 18.2 Å². The molecule has 1 aromatic carbocycles. The Bertz CT molecular complexity index is 574. The molecule has 2 N–H and O–H groups in total. The van der Waals surface area contributed by atoms with Crippen LogP contribution in [0.1, 0.15) is 32.3 Å². The number of nitro benzene ring substituents is 1. The molecule has 1 amide bonds. The van der Waals surface area contributed by atoms with Crippen molar-refractivity contribution in [2.24, 2.45) is 5.73 Å². The maximum absolute atomic E-state index is 11.5. The molecule has 1 heterocycles. The Morgan fingerprint density at radius 2 is 2.27 bits per heavy atom. The van der Waals surface area contributed by atoms with Crippen LogP contribution < -0.4 is 10.5 Å². The van der Waals surface area contributed by atoms with E-state index in [2.05, 4.69) is 0 Å². The predicted octanol–water partition coefficient (Wildman–Crippen LogP) is 1.83. The third kappa shape index (κ3) is 3.73. The minimum Gasteiger partial charge on any atom is -0.491 e. The molecule has 0 saturated carbocycles. The summed E-state index contributed by atoms with van der Waals surface area (Å²) in [6.45, 7) is 4.95. The van der Waals surface area contributed by atoms with E-state index in [0.717, 1.165) is 19.4 Å². The maximum Gasteiger partial charge on any atom is 0.270 e. The summed E-state index contributed by atoms with van der Waals surface area (Å²) in [4.78, 5) is 24.0. The largest absolute Gasteiger partial charge is 0.491 e. The highest BCUT2D eigenvalue weighted by Crippen LogP contribution is 2.29. The molecular formula is C15H21N3O4. The van der Waals surface area contributed by atoms with Crippen LogP contribution in [0.25, 0.3) is 0 Å². The highest BCUT2D eigenvalue weighted by atomic mass is 16.6. The van der Waals surface area contributed by atoms with Crippen LogP contribution in [0.3, 0.4) is 0 Å². The minimum atomic E-state index is -0.432. The topological polar surface area (TPSA) is 98.7 Å². The Kier molecular flexibility index (Phi) is 4.97. The number of nitro groups is 1. The Morgan fingerprint density at radius 1 is 1.55 bits per heavy atom. The minimum absolute atomic E-state index is 0.0147. The summed E-state index contributed by atoms with van der Waals surface area (Å²) in [7, 11) is 0. The molecule has 1 saturated heterocycles. The second-order valence-electron chi connectivity index (χ2n) is 5.75. The van der Waals surface area contributed by atoms with E-state index < -0.39 is 4.92 Å². The number of amides is 1. The highest BCUT2D eigenvalue weighted by molar-refractivity contribution is 5.80. The molecule has 1 aromatic rings. The first-order valence-corrected chi connectivity index (χ1v) is 7.36. The maximum atomic E-state index is 11.5. The lowest BCUT2D eigenvalue weighted by molar-refractivity contribution is -0.385. The van der Waals surface area contributed by atoms with Crippen LogP contribution >= 0.6 is 0 Å². The van der Waals surface area contributed by atoms with Gasteiger partial charge in [0.2, 0.25) is 5.91 Å². The summed E-state index contributed by atoms with van der Waals surface area (Å²) >= 11 is 0. The first kappa shape index (κ1) is 16.2. The third-order valence-electron chi connectivity index (χ3n) is 3.68. The predicted molar refractivity (Wildman–Crippen MR) is 81.5 cm³/mol. The average Bonchev–Trinajstić information content (AvgIpc) is 2.88. The van der Waals surface area contributed by atoms with E-state index in [0.29, 0.717) is 17.9 Å². The summed E-state index contributed by atoms with van der Waals surface area (Å²) < 4.78 is 5.72.